The minimum absolute atomic E-state index is 0.00497. The number of anilines is 1. The minimum Gasteiger partial charge on any atom is -0.481 e. The Morgan fingerprint density at radius 1 is 1.24 bits per heavy atom. The lowest BCUT2D eigenvalue weighted by Crippen LogP contribution is -2.41. The van der Waals surface area contributed by atoms with Crippen LogP contribution in [0.5, 0.6) is 0 Å². The van der Waals surface area contributed by atoms with E-state index in [2.05, 4.69) is 15.6 Å². The number of benzene rings is 2. The highest BCUT2D eigenvalue weighted by atomic mass is 19.1. The van der Waals surface area contributed by atoms with Crippen LogP contribution in [-0.2, 0) is 28.9 Å². The topological polar surface area (TPSA) is 91.3 Å². The molecule has 7 heteroatoms. The molecule has 1 unspecified atom stereocenters. The molecule has 4 rings (SSSR count). The third-order valence-electron chi connectivity index (χ3n) is 6.04. The summed E-state index contributed by atoms with van der Waals surface area (Å²) in [4.78, 5) is 28.3. The number of hydrogen-bond donors (Lipinski definition) is 3. The van der Waals surface area contributed by atoms with Crippen molar-refractivity contribution in [2.75, 3.05) is 11.9 Å². The fourth-order valence-corrected chi connectivity index (χ4v) is 4.29. The molecule has 0 saturated heterocycles. The molecule has 0 bridgehead atoms. The van der Waals surface area contributed by atoms with Crippen molar-refractivity contribution in [2.45, 2.75) is 32.2 Å². The van der Waals surface area contributed by atoms with Gasteiger partial charge in [-0.05, 0) is 42.1 Å². The summed E-state index contributed by atoms with van der Waals surface area (Å²) >= 11 is 0. The summed E-state index contributed by atoms with van der Waals surface area (Å²) in [7, 11) is 0. The van der Waals surface area contributed by atoms with Crippen molar-refractivity contribution in [1.82, 2.24) is 10.3 Å². The van der Waals surface area contributed by atoms with Crippen molar-refractivity contribution in [2.24, 2.45) is 5.92 Å². The largest absolute Gasteiger partial charge is 0.481 e. The molecule has 2 heterocycles. The first-order chi connectivity index (χ1) is 15.9. The first-order valence-corrected chi connectivity index (χ1v) is 10.9. The second-order valence-corrected chi connectivity index (χ2v) is 8.37. The smallest absolute Gasteiger partial charge is 0.307 e. The number of carboxylic acids is 1. The number of carbonyl (C=O) groups is 2. The lowest BCUT2D eigenvalue weighted by atomic mass is 9.85. The Kier molecular flexibility index (Phi) is 6.79. The van der Waals surface area contributed by atoms with E-state index in [0.29, 0.717) is 30.8 Å². The molecule has 0 spiro atoms. The predicted octanol–water partition coefficient (Wildman–Crippen LogP) is 3.84. The third kappa shape index (κ3) is 5.43. The standard InChI is InChI=1S/C26H26FN3O3/c1-16-7-8-17(11-19(16)12-24(31)32)9-10-28-25(18-5-3-2-4-6-18)21-14-22-23(30-26(21)33)13-20(27)15-29-22/h2-8,11,13,15,21,25,28H,9-10,12,14H2,1H3,(H,30,33)(H,31,32)/t21?,25-/m1/s1. The number of nitrogens with one attached hydrogen (secondary N) is 2. The van der Waals surface area contributed by atoms with Gasteiger partial charge < -0.3 is 15.7 Å². The van der Waals surface area contributed by atoms with E-state index in [4.69, 9.17) is 5.11 Å². The van der Waals surface area contributed by atoms with Crippen LogP contribution >= 0.6 is 0 Å². The number of pyridine rings is 1. The summed E-state index contributed by atoms with van der Waals surface area (Å²) in [5.41, 5.74) is 4.87. The molecule has 0 saturated carbocycles. The molecule has 3 aromatic rings. The highest BCUT2D eigenvalue weighted by Crippen LogP contribution is 2.32. The number of amides is 1. The Morgan fingerprint density at radius 2 is 2.03 bits per heavy atom. The van der Waals surface area contributed by atoms with Crippen LogP contribution in [0, 0.1) is 18.7 Å². The molecule has 1 aliphatic heterocycles. The van der Waals surface area contributed by atoms with E-state index in [9.17, 15) is 14.0 Å². The van der Waals surface area contributed by atoms with Gasteiger partial charge in [0.25, 0.3) is 0 Å². The van der Waals surface area contributed by atoms with Crippen LogP contribution in [0.1, 0.15) is 34.0 Å². The Hall–Kier alpha value is -3.58. The number of aryl methyl sites for hydroxylation is 1. The number of hydrogen-bond acceptors (Lipinski definition) is 4. The molecule has 33 heavy (non-hydrogen) atoms. The number of nitrogens with zero attached hydrogens (tertiary/aromatic N) is 1. The number of halogens is 1. The van der Waals surface area contributed by atoms with Gasteiger partial charge in [0, 0.05) is 18.5 Å². The zero-order valence-electron chi connectivity index (χ0n) is 18.3. The quantitative estimate of drug-likeness (QED) is 0.488. The highest BCUT2D eigenvalue weighted by Gasteiger charge is 2.34. The molecule has 3 N–H and O–H groups in total. The van der Waals surface area contributed by atoms with Gasteiger partial charge in [-0.15, -0.1) is 0 Å². The van der Waals surface area contributed by atoms with E-state index >= 15 is 0 Å². The molecule has 6 nitrogen and oxygen atoms in total. The number of fused-ring (bicyclic) bond motifs is 1. The fourth-order valence-electron chi connectivity index (χ4n) is 4.29. The van der Waals surface area contributed by atoms with Gasteiger partial charge in [-0.3, -0.25) is 14.6 Å². The maximum absolute atomic E-state index is 13.5. The van der Waals surface area contributed by atoms with E-state index in [-0.39, 0.29) is 18.4 Å². The molecule has 1 amide bonds. The maximum Gasteiger partial charge on any atom is 0.307 e. The normalized spacial score (nSPS) is 16.1. The minimum atomic E-state index is -0.852. The Morgan fingerprint density at radius 3 is 2.79 bits per heavy atom. The van der Waals surface area contributed by atoms with Gasteiger partial charge in [0.15, 0.2) is 0 Å². The monoisotopic (exact) mass is 447 g/mol. The summed E-state index contributed by atoms with van der Waals surface area (Å²) in [5.74, 6) is -1.91. The first kappa shape index (κ1) is 22.6. The number of carboxylic acid groups (broad SMARTS) is 1. The van der Waals surface area contributed by atoms with Crippen LogP contribution in [-0.4, -0.2) is 28.5 Å². The van der Waals surface area contributed by atoms with Crippen molar-refractivity contribution in [1.29, 1.82) is 0 Å². The van der Waals surface area contributed by atoms with E-state index in [1.807, 2.05) is 55.5 Å². The Labute approximate surface area is 191 Å². The fraction of sp³-hybridized carbons (Fsp3) is 0.269. The number of aliphatic carboxylic acids is 1. The van der Waals surface area contributed by atoms with Crippen molar-refractivity contribution in [3.05, 3.63) is 94.6 Å². The number of carbonyl (C=O) groups excluding carboxylic acids is 1. The molecule has 0 fully saturated rings. The van der Waals surface area contributed by atoms with Crippen LogP contribution < -0.4 is 10.6 Å². The first-order valence-electron chi connectivity index (χ1n) is 10.9. The second-order valence-electron chi connectivity index (χ2n) is 8.37. The molecular formula is C26H26FN3O3. The average molecular weight is 448 g/mol. The van der Waals surface area contributed by atoms with E-state index in [1.54, 1.807) is 0 Å². The van der Waals surface area contributed by atoms with Crippen LogP contribution in [0.15, 0.2) is 60.8 Å². The summed E-state index contributed by atoms with van der Waals surface area (Å²) in [6.07, 6.45) is 2.26. The van der Waals surface area contributed by atoms with Crippen LogP contribution in [0.3, 0.4) is 0 Å². The van der Waals surface area contributed by atoms with Crippen molar-refractivity contribution >= 4 is 17.6 Å². The van der Waals surface area contributed by atoms with E-state index < -0.39 is 17.7 Å². The SMILES string of the molecule is Cc1ccc(CCN[C@H](c2ccccc2)C2Cc3ncc(F)cc3NC2=O)cc1CC(=O)O. The summed E-state index contributed by atoms with van der Waals surface area (Å²) < 4.78 is 13.5. The third-order valence-corrected chi connectivity index (χ3v) is 6.04. The molecule has 170 valence electrons. The highest BCUT2D eigenvalue weighted by molar-refractivity contribution is 5.95. The van der Waals surface area contributed by atoms with Crippen molar-refractivity contribution in [3.63, 3.8) is 0 Å². The molecule has 0 aliphatic carbocycles. The Bertz CT molecular complexity index is 1170. The predicted molar refractivity (Wildman–Crippen MR) is 123 cm³/mol. The van der Waals surface area contributed by atoms with Gasteiger partial charge >= 0.3 is 5.97 Å². The summed E-state index contributed by atoms with van der Waals surface area (Å²) in [6, 6.07) is 16.7. The van der Waals surface area contributed by atoms with Gasteiger partial charge in [0.2, 0.25) is 5.91 Å². The molecule has 0 radical (unpaired) electrons. The van der Waals surface area contributed by atoms with Crippen LogP contribution in [0.25, 0.3) is 0 Å². The van der Waals surface area contributed by atoms with Gasteiger partial charge in [0.05, 0.1) is 29.9 Å². The second kappa shape index (κ2) is 9.92. The van der Waals surface area contributed by atoms with Gasteiger partial charge in [-0.25, -0.2) is 4.39 Å². The van der Waals surface area contributed by atoms with Crippen molar-refractivity contribution < 1.29 is 19.1 Å². The summed E-state index contributed by atoms with van der Waals surface area (Å²) in [6.45, 7) is 2.51. The van der Waals surface area contributed by atoms with E-state index in [0.717, 1.165) is 22.3 Å². The average Bonchev–Trinajstić information content (AvgIpc) is 2.79. The molecule has 1 aromatic heterocycles. The zero-order chi connectivity index (χ0) is 23.4. The zero-order valence-corrected chi connectivity index (χ0v) is 18.3. The molecule has 1 aliphatic rings. The van der Waals surface area contributed by atoms with Crippen LogP contribution in [0.2, 0.25) is 0 Å². The summed E-state index contributed by atoms with van der Waals surface area (Å²) in [5, 5.41) is 15.5. The number of rotatable bonds is 8. The lowest BCUT2D eigenvalue weighted by molar-refractivity contribution is -0.136. The molecule has 2 aromatic carbocycles. The van der Waals surface area contributed by atoms with Gasteiger partial charge in [0.1, 0.15) is 5.82 Å². The van der Waals surface area contributed by atoms with Crippen molar-refractivity contribution in [3.8, 4) is 0 Å². The van der Waals surface area contributed by atoms with Crippen LogP contribution in [0.4, 0.5) is 10.1 Å². The molecular weight excluding hydrogens is 421 g/mol. The molecule has 2 atom stereocenters. The maximum atomic E-state index is 13.5. The number of aromatic nitrogens is 1. The van der Waals surface area contributed by atoms with Gasteiger partial charge in [-0.1, -0.05) is 48.5 Å². The Balaban J connectivity index is 1.51. The van der Waals surface area contributed by atoms with E-state index in [1.165, 1.54) is 12.3 Å². The lowest BCUT2D eigenvalue weighted by Gasteiger charge is -2.31. The van der Waals surface area contributed by atoms with Gasteiger partial charge in [-0.2, -0.15) is 0 Å².